The minimum Gasteiger partial charge on any atom is -0.486 e. The summed E-state index contributed by atoms with van der Waals surface area (Å²) in [6.45, 7) is 6.95. The topological polar surface area (TPSA) is 113 Å². The zero-order chi connectivity index (χ0) is 28.4. The number of sulfonamides is 1. The van der Waals surface area contributed by atoms with Crippen molar-refractivity contribution in [1.29, 1.82) is 0 Å². The van der Waals surface area contributed by atoms with Crippen LogP contribution in [0.3, 0.4) is 0 Å². The fourth-order valence-corrected chi connectivity index (χ4v) is 6.36. The molecule has 0 N–H and O–H groups in total. The second-order valence-corrected chi connectivity index (χ2v) is 11.8. The van der Waals surface area contributed by atoms with Crippen LogP contribution in [0.4, 0.5) is 0 Å². The Morgan fingerprint density at radius 3 is 2.45 bits per heavy atom. The van der Waals surface area contributed by atoms with E-state index in [4.69, 9.17) is 18.9 Å². The van der Waals surface area contributed by atoms with Crippen LogP contribution in [0.25, 0.3) is 0 Å². The van der Waals surface area contributed by atoms with Gasteiger partial charge in [0.05, 0.1) is 30.2 Å². The minimum atomic E-state index is -3.79. The molecule has 0 saturated carbocycles. The Labute approximate surface area is 233 Å². The summed E-state index contributed by atoms with van der Waals surface area (Å²) in [4.78, 5) is 26.0. The summed E-state index contributed by atoms with van der Waals surface area (Å²) in [6, 6.07) is 13.6. The molecular formula is C29H32N2O8S. The molecular weight excluding hydrogens is 536 g/mol. The van der Waals surface area contributed by atoms with Crippen molar-refractivity contribution in [2.45, 2.75) is 38.3 Å². The van der Waals surface area contributed by atoms with Gasteiger partial charge in [-0.15, -0.1) is 0 Å². The maximum atomic E-state index is 13.1. The first-order valence-corrected chi connectivity index (χ1v) is 14.5. The van der Waals surface area contributed by atoms with Gasteiger partial charge in [0, 0.05) is 30.0 Å². The third-order valence-corrected chi connectivity index (χ3v) is 9.09. The summed E-state index contributed by atoms with van der Waals surface area (Å²) >= 11 is 0. The number of carbonyl (C=O) groups is 2. The quantitative estimate of drug-likeness (QED) is 0.301. The van der Waals surface area contributed by atoms with Crippen molar-refractivity contribution in [3.8, 4) is 11.5 Å². The van der Waals surface area contributed by atoms with Gasteiger partial charge in [-0.25, -0.2) is 13.2 Å². The Bertz CT molecular complexity index is 1540. The molecule has 1 saturated heterocycles. The van der Waals surface area contributed by atoms with Gasteiger partial charge >= 0.3 is 5.97 Å². The SMILES string of the molecule is Cc1ccc(S(=O)(=O)N2CCOCC2)cc1C(=O)OCC(=O)c1cc(C)n(CC2COc3ccccc3O2)c1C. The first-order chi connectivity index (χ1) is 19.1. The number of aryl methyl sites for hydroxylation is 2. The number of hydrogen-bond acceptors (Lipinski definition) is 8. The number of ether oxygens (including phenoxy) is 4. The highest BCUT2D eigenvalue weighted by Crippen LogP contribution is 2.31. The van der Waals surface area contributed by atoms with Gasteiger partial charge < -0.3 is 23.5 Å². The average molecular weight is 569 g/mol. The molecule has 1 fully saturated rings. The Balaban J connectivity index is 1.25. The maximum Gasteiger partial charge on any atom is 0.338 e. The number of para-hydroxylation sites is 2. The molecule has 3 heterocycles. The van der Waals surface area contributed by atoms with Crippen LogP contribution in [0.15, 0.2) is 53.4 Å². The van der Waals surface area contributed by atoms with Crippen LogP contribution in [0.2, 0.25) is 0 Å². The number of nitrogens with zero attached hydrogens (tertiary/aromatic N) is 2. The van der Waals surface area contributed by atoms with E-state index >= 15 is 0 Å². The summed E-state index contributed by atoms with van der Waals surface area (Å²) in [6.07, 6.45) is -0.232. The van der Waals surface area contributed by atoms with Crippen molar-refractivity contribution in [3.05, 3.63) is 76.6 Å². The number of carbonyl (C=O) groups excluding carboxylic acids is 2. The number of morpholine rings is 1. The van der Waals surface area contributed by atoms with E-state index < -0.39 is 22.6 Å². The molecule has 0 amide bonds. The molecule has 212 valence electrons. The minimum absolute atomic E-state index is 0.00152. The van der Waals surface area contributed by atoms with E-state index in [1.807, 2.05) is 42.7 Å². The van der Waals surface area contributed by atoms with Gasteiger partial charge in [0.25, 0.3) is 0 Å². The first kappa shape index (κ1) is 27.9. The molecule has 2 aromatic carbocycles. The van der Waals surface area contributed by atoms with Crippen molar-refractivity contribution in [2.75, 3.05) is 39.5 Å². The zero-order valence-electron chi connectivity index (χ0n) is 22.7. The lowest BCUT2D eigenvalue weighted by Crippen LogP contribution is -2.40. The van der Waals surface area contributed by atoms with Crippen LogP contribution in [0.5, 0.6) is 11.5 Å². The third-order valence-electron chi connectivity index (χ3n) is 7.20. The first-order valence-electron chi connectivity index (χ1n) is 13.1. The van der Waals surface area contributed by atoms with Gasteiger partial charge in [-0.2, -0.15) is 4.31 Å². The van der Waals surface area contributed by atoms with Crippen molar-refractivity contribution in [1.82, 2.24) is 8.87 Å². The molecule has 10 nitrogen and oxygen atoms in total. The van der Waals surface area contributed by atoms with E-state index in [0.717, 1.165) is 11.4 Å². The zero-order valence-corrected chi connectivity index (χ0v) is 23.5. The fourth-order valence-electron chi connectivity index (χ4n) is 4.93. The van der Waals surface area contributed by atoms with E-state index in [1.54, 1.807) is 19.1 Å². The molecule has 1 aromatic heterocycles. The van der Waals surface area contributed by atoms with Crippen LogP contribution < -0.4 is 9.47 Å². The highest BCUT2D eigenvalue weighted by molar-refractivity contribution is 7.89. The second-order valence-electron chi connectivity index (χ2n) is 9.89. The third kappa shape index (κ3) is 5.63. The van der Waals surface area contributed by atoms with Crippen LogP contribution >= 0.6 is 0 Å². The van der Waals surface area contributed by atoms with E-state index in [9.17, 15) is 18.0 Å². The molecule has 0 radical (unpaired) electrons. The Hall–Kier alpha value is -3.67. The van der Waals surface area contributed by atoms with Crippen molar-refractivity contribution >= 4 is 21.8 Å². The predicted octanol–water partition coefficient (Wildman–Crippen LogP) is 3.31. The lowest BCUT2D eigenvalue weighted by atomic mass is 10.1. The van der Waals surface area contributed by atoms with Gasteiger partial charge in [-0.1, -0.05) is 18.2 Å². The van der Waals surface area contributed by atoms with Gasteiger partial charge in [0.15, 0.2) is 24.2 Å². The van der Waals surface area contributed by atoms with E-state index in [-0.39, 0.29) is 35.4 Å². The highest BCUT2D eigenvalue weighted by Gasteiger charge is 2.28. The maximum absolute atomic E-state index is 13.1. The summed E-state index contributed by atoms with van der Waals surface area (Å²) < 4.78 is 51.9. The number of aromatic nitrogens is 1. The molecule has 40 heavy (non-hydrogen) atoms. The molecule has 2 aliphatic rings. The summed E-state index contributed by atoms with van der Waals surface area (Å²) in [5, 5.41) is 0. The van der Waals surface area contributed by atoms with E-state index in [2.05, 4.69) is 0 Å². The number of ketones is 1. The predicted molar refractivity (Wildman–Crippen MR) is 146 cm³/mol. The Morgan fingerprint density at radius 1 is 0.975 bits per heavy atom. The second kappa shape index (κ2) is 11.4. The van der Waals surface area contributed by atoms with Gasteiger partial charge in [0.1, 0.15) is 6.61 Å². The van der Waals surface area contributed by atoms with Gasteiger partial charge in [-0.05, 0) is 56.7 Å². The number of Topliss-reactive ketones (excluding diaryl/α,β-unsaturated/α-hetero) is 1. The lowest BCUT2D eigenvalue weighted by molar-refractivity contribution is 0.0473. The monoisotopic (exact) mass is 568 g/mol. The summed E-state index contributed by atoms with van der Waals surface area (Å²) in [5.41, 5.74) is 2.69. The largest absolute Gasteiger partial charge is 0.486 e. The molecule has 1 atom stereocenters. The Kier molecular flexibility index (Phi) is 7.97. The molecule has 0 aliphatic carbocycles. The van der Waals surface area contributed by atoms with Crippen LogP contribution in [-0.4, -0.2) is 74.7 Å². The van der Waals surface area contributed by atoms with Crippen molar-refractivity contribution in [2.24, 2.45) is 0 Å². The van der Waals surface area contributed by atoms with E-state index in [1.165, 1.54) is 16.4 Å². The molecule has 0 bridgehead atoms. The molecule has 5 rings (SSSR count). The summed E-state index contributed by atoms with van der Waals surface area (Å²) in [5.74, 6) is 0.275. The number of esters is 1. The smallest absolute Gasteiger partial charge is 0.338 e. The molecule has 1 unspecified atom stereocenters. The standard InChI is InChI=1S/C29H32N2O8S/c1-19-8-9-23(40(34,35)30-10-12-36-13-11-30)15-24(19)29(33)38-18-26(32)25-14-20(2)31(21(25)3)16-22-17-37-27-6-4-5-7-28(27)39-22/h4-9,14-15,22H,10-13,16-18H2,1-3H3. The van der Waals surface area contributed by atoms with Crippen LogP contribution in [-0.2, 0) is 26.0 Å². The van der Waals surface area contributed by atoms with Gasteiger partial charge in [-0.3, -0.25) is 4.79 Å². The molecule has 11 heteroatoms. The van der Waals surface area contributed by atoms with E-state index in [0.29, 0.717) is 49.0 Å². The molecule has 2 aliphatic heterocycles. The average Bonchev–Trinajstić information content (AvgIpc) is 3.24. The molecule has 0 spiro atoms. The highest BCUT2D eigenvalue weighted by atomic mass is 32.2. The van der Waals surface area contributed by atoms with Gasteiger partial charge in [0.2, 0.25) is 15.8 Å². The number of hydrogen-bond donors (Lipinski definition) is 0. The molecule has 3 aromatic rings. The summed E-state index contributed by atoms with van der Waals surface area (Å²) in [7, 11) is -3.79. The Morgan fingerprint density at radius 2 is 1.70 bits per heavy atom. The lowest BCUT2D eigenvalue weighted by Gasteiger charge is -2.27. The van der Waals surface area contributed by atoms with Crippen molar-refractivity contribution in [3.63, 3.8) is 0 Å². The number of benzene rings is 2. The van der Waals surface area contributed by atoms with Crippen molar-refractivity contribution < 1.29 is 37.0 Å². The number of fused-ring (bicyclic) bond motifs is 1. The fraction of sp³-hybridized carbons (Fsp3) is 0.379. The van der Waals surface area contributed by atoms with Crippen LogP contribution in [0, 0.1) is 20.8 Å². The number of rotatable bonds is 8. The normalized spacial score (nSPS) is 17.4. The van der Waals surface area contributed by atoms with Crippen LogP contribution in [0.1, 0.15) is 37.7 Å².